The van der Waals surface area contributed by atoms with E-state index >= 15 is 0 Å². The molecule has 1 aromatic heterocycles. The Morgan fingerprint density at radius 1 is 1.42 bits per heavy atom. The average Bonchev–Trinajstić information content (AvgIpc) is 3.15. The largest absolute Gasteiger partial charge is 0.419 e. The van der Waals surface area contributed by atoms with E-state index in [0.717, 1.165) is 23.9 Å². The minimum Gasteiger partial charge on any atom is -0.408 e. The summed E-state index contributed by atoms with van der Waals surface area (Å²) in [5.41, 5.74) is 6.95. The van der Waals surface area contributed by atoms with Crippen LogP contribution in [0.1, 0.15) is 18.4 Å². The number of benzene rings is 1. The summed E-state index contributed by atoms with van der Waals surface area (Å²) >= 11 is 0. The minimum absolute atomic E-state index is 0.0485. The van der Waals surface area contributed by atoms with Crippen LogP contribution >= 0.6 is 0 Å². The SMILES string of the molecule is CNNC(=O)C1(c2ccc3c(c2)oc(=O)n3C)CC1. The summed E-state index contributed by atoms with van der Waals surface area (Å²) in [6.07, 6.45) is 1.62. The normalized spacial score (nSPS) is 16.5. The fourth-order valence-electron chi connectivity index (χ4n) is 2.44. The highest BCUT2D eigenvalue weighted by Crippen LogP contribution is 2.48. The number of carbonyl (C=O) groups excluding carboxylic acids is 1. The molecule has 0 aliphatic heterocycles. The van der Waals surface area contributed by atoms with Crippen molar-refractivity contribution < 1.29 is 9.21 Å². The van der Waals surface area contributed by atoms with Gasteiger partial charge in [0.1, 0.15) is 0 Å². The van der Waals surface area contributed by atoms with Crippen LogP contribution in [0.15, 0.2) is 27.4 Å². The zero-order chi connectivity index (χ0) is 13.6. The van der Waals surface area contributed by atoms with Crippen molar-refractivity contribution in [3.63, 3.8) is 0 Å². The third kappa shape index (κ3) is 1.67. The molecule has 2 N–H and O–H groups in total. The second-order valence-electron chi connectivity index (χ2n) is 4.90. The molecule has 1 amide bonds. The first kappa shape index (κ1) is 12.0. The summed E-state index contributed by atoms with van der Waals surface area (Å²) in [5, 5.41) is 0. The van der Waals surface area contributed by atoms with Crippen molar-refractivity contribution in [3.05, 3.63) is 34.3 Å². The number of fused-ring (bicyclic) bond motifs is 1. The molecule has 1 aliphatic carbocycles. The van der Waals surface area contributed by atoms with E-state index in [0.29, 0.717) is 5.58 Å². The molecule has 0 atom stereocenters. The highest BCUT2D eigenvalue weighted by atomic mass is 16.4. The van der Waals surface area contributed by atoms with Crippen molar-refractivity contribution in [1.29, 1.82) is 0 Å². The van der Waals surface area contributed by atoms with Crippen LogP contribution in [0.25, 0.3) is 11.1 Å². The zero-order valence-corrected chi connectivity index (χ0v) is 10.8. The Morgan fingerprint density at radius 2 is 2.16 bits per heavy atom. The van der Waals surface area contributed by atoms with E-state index < -0.39 is 11.2 Å². The molecule has 0 radical (unpaired) electrons. The molecule has 1 heterocycles. The quantitative estimate of drug-likeness (QED) is 0.785. The lowest BCUT2D eigenvalue weighted by Gasteiger charge is -2.14. The van der Waals surface area contributed by atoms with Gasteiger partial charge in [0.15, 0.2) is 5.58 Å². The van der Waals surface area contributed by atoms with Gasteiger partial charge >= 0.3 is 5.76 Å². The summed E-state index contributed by atoms with van der Waals surface area (Å²) in [6, 6.07) is 5.50. The molecule has 1 fully saturated rings. The second kappa shape index (κ2) is 3.96. The number of rotatable bonds is 3. The number of hydrogen-bond acceptors (Lipinski definition) is 4. The summed E-state index contributed by atoms with van der Waals surface area (Å²) in [7, 11) is 3.32. The zero-order valence-electron chi connectivity index (χ0n) is 10.8. The molecule has 6 heteroatoms. The van der Waals surface area contributed by atoms with Crippen LogP contribution in [0, 0.1) is 0 Å². The van der Waals surface area contributed by atoms with Gasteiger partial charge < -0.3 is 4.42 Å². The van der Waals surface area contributed by atoms with Crippen molar-refractivity contribution in [3.8, 4) is 0 Å². The summed E-state index contributed by atoms with van der Waals surface area (Å²) < 4.78 is 6.61. The first-order chi connectivity index (χ1) is 9.08. The monoisotopic (exact) mass is 261 g/mol. The van der Waals surface area contributed by atoms with Crippen LogP contribution in [0.5, 0.6) is 0 Å². The maximum Gasteiger partial charge on any atom is 0.419 e. The number of oxazole rings is 1. The Hall–Kier alpha value is -2.08. The fourth-order valence-corrected chi connectivity index (χ4v) is 2.44. The van der Waals surface area contributed by atoms with Crippen molar-refractivity contribution >= 4 is 17.0 Å². The molecule has 0 unspecified atom stereocenters. The number of aromatic nitrogens is 1. The van der Waals surface area contributed by atoms with Crippen LogP contribution in [-0.2, 0) is 17.3 Å². The van der Waals surface area contributed by atoms with Gasteiger partial charge in [0, 0.05) is 14.1 Å². The van der Waals surface area contributed by atoms with Gasteiger partial charge in [0.25, 0.3) is 0 Å². The van der Waals surface area contributed by atoms with Crippen molar-refractivity contribution in [2.24, 2.45) is 7.05 Å². The Morgan fingerprint density at radius 3 is 2.79 bits per heavy atom. The van der Waals surface area contributed by atoms with Gasteiger partial charge in [-0.05, 0) is 30.5 Å². The molecule has 6 nitrogen and oxygen atoms in total. The fraction of sp³-hybridized carbons (Fsp3) is 0.385. The van der Waals surface area contributed by atoms with Crippen LogP contribution in [0.2, 0.25) is 0 Å². The molecule has 1 aromatic carbocycles. The Labute approximate surface area is 109 Å². The van der Waals surface area contributed by atoms with Crippen molar-refractivity contribution in [2.75, 3.05) is 7.05 Å². The van der Waals surface area contributed by atoms with E-state index in [4.69, 9.17) is 4.42 Å². The van der Waals surface area contributed by atoms with E-state index in [2.05, 4.69) is 10.9 Å². The molecule has 3 rings (SSSR count). The van der Waals surface area contributed by atoms with Gasteiger partial charge in [-0.1, -0.05) is 6.07 Å². The lowest BCUT2D eigenvalue weighted by molar-refractivity contribution is -0.124. The lowest BCUT2D eigenvalue weighted by atomic mass is 9.95. The predicted molar refractivity (Wildman–Crippen MR) is 69.6 cm³/mol. The number of hydrazine groups is 1. The lowest BCUT2D eigenvalue weighted by Crippen LogP contribution is -2.41. The Balaban J connectivity index is 2.07. The van der Waals surface area contributed by atoms with Gasteiger partial charge in [0.05, 0.1) is 10.9 Å². The second-order valence-corrected chi connectivity index (χ2v) is 4.90. The van der Waals surface area contributed by atoms with Crippen LogP contribution in [0.4, 0.5) is 0 Å². The van der Waals surface area contributed by atoms with Crippen molar-refractivity contribution in [1.82, 2.24) is 15.4 Å². The van der Waals surface area contributed by atoms with Crippen molar-refractivity contribution in [2.45, 2.75) is 18.3 Å². The molecule has 0 bridgehead atoms. The number of nitrogens with one attached hydrogen (secondary N) is 2. The number of aryl methyl sites for hydroxylation is 1. The van der Waals surface area contributed by atoms with Gasteiger partial charge in [-0.2, -0.15) is 0 Å². The summed E-state index contributed by atoms with van der Waals surface area (Å²) in [4.78, 5) is 23.5. The highest BCUT2D eigenvalue weighted by Gasteiger charge is 2.51. The van der Waals surface area contributed by atoms with E-state index in [-0.39, 0.29) is 5.91 Å². The third-order valence-corrected chi connectivity index (χ3v) is 3.77. The molecule has 0 spiro atoms. The molecule has 1 aliphatic rings. The summed E-state index contributed by atoms with van der Waals surface area (Å²) in [5.74, 6) is -0.440. The molecule has 100 valence electrons. The first-order valence-electron chi connectivity index (χ1n) is 6.16. The van der Waals surface area contributed by atoms with E-state index in [1.807, 2.05) is 12.1 Å². The van der Waals surface area contributed by atoms with Gasteiger partial charge in [-0.15, -0.1) is 0 Å². The molecular weight excluding hydrogens is 246 g/mol. The van der Waals surface area contributed by atoms with Gasteiger partial charge in [0.2, 0.25) is 5.91 Å². The molecule has 2 aromatic rings. The van der Waals surface area contributed by atoms with E-state index in [9.17, 15) is 9.59 Å². The first-order valence-corrected chi connectivity index (χ1v) is 6.16. The number of nitrogens with zero attached hydrogens (tertiary/aromatic N) is 1. The van der Waals surface area contributed by atoms with Crippen LogP contribution < -0.4 is 16.6 Å². The maximum atomic E-state index is 12.1. The van der Waals surface area contributed by atoms with Gasteiger partial charge in [-0.25, -0.2) is 10.2 Å². The number of amides is 1. The number of carbonyl (C=O) groups is 1. The molecule has 19 heavy (non-hydrogen) atoms. The van der Waals surface area contributed by atoms with E-state index in [1.165, 1.54) is 4.57 Å². The highest BCUT2D eigenvalue weighted by molar-refractivity contribution is 5.92. The molecule has 0 saturated heterocycles. The minimum atomic E-state index is -0.481. The Bertz CT molecular complexity index is 709. The van der Waals surface area contributed by atoms with E-state index in [1.54, 1.807) is 20.2 Å². The standard InChI is InChI=1S/C13H15N3O3/c1-14-15-11(17)13(5-6-13)8-3-4-9-10(7-8)19-12(18)16(9)2/h3-4,7,14H,5-6H2,1-2H3,(H,15,17). The van der Waals surface area contributed by atoms with Crippen LogP contribution in [0.3, 0.4) is 0 Å². The topological polar surface area (TPSA) is 76.3 Å². The summed E-state index contributed by atoms with van der Waals surface area (Å²) in [6.45, 7) is 0. The molecular formula is C13H15N3O3. The third-order valence-electron chi connectivity index (χ3n) is 3.77. The van der Waals surface area contributed by atoms with Gasteiger partial charge in [-0.3, -0.25) is 14.8 Å². The smallest absolute Gasteiger partial charge is 0.408 e. The Kier molecular flexibility index (Phi) is 2.50. The molecule has 1 saturated carbocycles. The number of hydrogen-bond donors (Lipinski definition) is 2. The van der Waals surface area contributed by atoms with Crippen LogP contribution in [-0.4, -0.2) is 17.5 Å². The maximum absolute atomic E-state index is 12.1. The average molecular weight is 261 g/mol. The predicted octanol–water partition coefficient (Wildman–Crippen LogP) is 0.414.